The number of nitrogens with zero attached hydrogens (tertiary/aromatic N) is 1. The van der Waals surface area contributed by atoms with Gasteiger partial charge in [0.25, 0.3) is 0 Å². The van der Waals surface area contributed by atoms with Crippen LogP contribution in [0.5, 0.6) is 5.75 Å². The average molecular weight is 368 g/mol. The molecule has 1 aromatic carbocycles. The molecule has 0 saturated carbocycles. The van der Waals surface area contributed by atoms with Crippen molar-refractivity contribution < 1.29 is 27.9 Å². The van der Waals surface area contributed by atoms with Gasteiger partial charge in [0.2, 0.25) is 15.9 Å². The minimum Gasteiger partial charge on any atom is -0.495 e. The van der Waals surface area contributed by atoms with Gasteiger partial charge < -0.3 is 14.7 Å². The number of benzene rings is 1. The number of ether oxygens (including phenoxy) is 1. The number of carboxylic acids is 1. The highest BCUT2D eigenvalue weighted by molar-refractivity contribution is 7.89. The monoisotopic (exact) mass is 368 g/mol. The largest absolute Gasteiger partial charge is 0.495 e. The predicted octanol–water partition coefficient (Wildman–Crippen LogP) is 0.550. The van der Waals surface area contributed by atoms with Crippen LogP contribution in [0.3, 0.4) is 0 Å². The molecular weight excluding hydrogens is 348 g/mol. The van der Waals surface area contributed by atoms with E-state index >= 15 is 0 Å². The smallest absolute Gasteiger partial charge is 0.308 e. The highest BCUT2D eigenvalue weighted by Crippen LogP contribution is 2.25. The maximum atomic E-state index is 12.1. The lowest BCUT2D eigenvalue weighted by molar-refractivity contribution is -0.141. The maximum absolute atomic E-state index is 12.1. The number of carboxylic acid groups (broad SMARTS) is 1. The summed E-state index contributed by atoms with van der Waals surface area (Å²) in [6.07, 6.45) is 3.23. The fourth-order valence-electron chi connectivity index (χ4n) is 2.55. The van der Waals surface area contributed by atoms with E-state index < -0.39 is 21.9 Å². The first-order valence-corrected chi connectivity index (χ1v) is 9.08. The van der Waals surface area contributed by atoms with Gasteiger partial charge in [-0.3, -0.25) is 9.59 Å². The Morgan fingerprint density at radius 1 is 1.40 bits per heavy atom. The van der Waals surface area contributed by atoms with Crippen LogP contribution in [-0.4, -0.2) is 57.5 Å². The number of methoxy groups -OCH3 is 1. The van der Waals surface area contributed by atoms with Gasteiger partial charge in [0, 0.05) is 19.2 Å². The molecule has 1 heterocycles. The lowest BCUT2D eigenvalue weighted by Crippen LogP contribution is -2.28. The molecule has 2 N–H and O–H groups in total. The van der Waals surface area contributed by atoms with E-state index in [0.717, 1.165) is 0 Å². The van der Waals surface area contributed by atoms with E-state index in [4.69, 9.17) is 9.84 Å². The van der Waals surface area contributed by atoms with Crippen LogP contribution >= 0.6 is 0 Å². The van der Waals surface area contributed by atoms with Crippen molar-refractivity contribution >= 4 is 28.0 Å². The SMILES string of the molecule is CNS(=O)(=O)c1cc(/C=C/C(=O)N2CCC(C(=O)O)C2)ccc1OC. The molecule has 1 amide bonds. The Morgan fingerprint density at radius 3 is 2.68 bits per heavy atom. The number of carbonyl (C=O) groups is 2. The van der Waals surface area contributed by atoms with Crippen molar-refractivity contribution in [1.29, 1.82) is 0 Å². The Bertz CT molecular complexity index is 803. The number of amides is 1. The minimum atomic E-state index is -3.70. The lowest BCUT2D eigenvalue weighted by Gasteiger charge is -2.13. The van der Waals surface area contributed by atoms with Crippen LogP contribution < -0.4 is 9.46 Å². The molecule has 0 aromatic heterocycles. The van der Waals surface area contributed by atoms with E-state index in [2.05, 4.69) is 4.72 Å². The Labute approximate surface area is 146 Å². The highest BCUT2D eigenvalue weighted by Gasteiger charge is 2.29. The van der Waals surface area contributed by atoms with Crippen LogP contribution in [0.1, 0.15) is 12.0 Å². The summed E-state index contributed by atoms with van der Waals surface area (Å²) in [6.45, 7) is 0.572. The Morgan fingerprint density at radius 2 is 2.12 bits per heavy atom. The van der Waals surface area contributed by atoms with Crippen molar-refractivity contribution in [2.24, 2.45) is 5.92 Å². The number of sulfonamides is 1. The molecule has 2 rings (SSSR count). The predicted molar refractivity (Wildman–Crippen MR) is 90.6 cm³/mol. The molecule has 0 spiro atoms. The third-order valence-corrected chi connectivity index (χ3v) is 5.45. The molecule has 1 aliphatic heterocycles. The Hall–Kier alpha value is -2.39. The van der Waals surface area contributed by atoms with Crippen molar-refractivity contribution in [3.05, 3.63) is 29.8 Å². The maximum Gasteiger partial charge on any atom is 0.308 e. The van der Waals surface area contributed by atoms with Crippen LogP contribution in [-0.2, 0) is 19.6 Å². The molecule has 1 fully saturated rings. The second-order valence-corrected chi connectivity index (χ2v) is 7.41. The van der Waals surface area contributed by atoms with Crippen molar-refractivity contribution in [3.63, 3.8) is 0 Å². The topological polar surface area (TPSA) is 113 Å². The van der Waals surface area contributed by atoms with Crippen LogP contribution in [0.15, 0.2) is 29.2 Å². The zero-order valence-corrected chi connectivity index (χ0v) is 14.7. The van der Waals surface area contributed by atoms with Gasteiger partial charge in [-0.1, -0.05) is 6.07 Å². The molecule has 1 aliphatic rings. The fraction of sp³-hybridized carbons (Fsp3) is 0.375. The average Bonchev–Trinajstić information content (AvgIpc) is 3.10. The third kappa shape index (κ3) is 4.37. The number of hydrogen-bond acceptors (Lipinski definition) is 5. The molecule has 25 heavy (non-hydrogen) atoms. The number of likely N-dealkylation sites (tertiary alicyclic amines) is 1. The van der Waals surface area contributed by atoms with Gasteiger partial charge in [0.1, 0.15) is 10.6 Å². The van der Waals surface area contributed by atoms with Gasteiger partial charge >= 0.3 is 5.97 Å². The van der Waals surface area contributed by atoms with E-state index in [9.17, 15) is 18.0 Å². The van der Waals surface area contributed by atoms with Gasteiger partial charge in [-0.15, -0.1) is 0 Å². The third-order valence-electron chi connectivity index (χ3n) is 4.01. The summed E-state index contributed by atoms with van der Waals surface area (Å²) < 4.78 is 31.3. The molecule has 9 heteroatoms. The van der Waals surface area contributed by atoms with E-state index in [-0.39, 0.29) is 23.1 Å². The lowest BCUT2D eigenvalue weighted by atomic mass is 10.1. The zero-order chi connectivity index (χ0) is 18.6. The van der Waals surface area contributed by atoms with Gasteiger partial charge in [0.05, 0.1) is 13.0 Å². The number of hydrogen-bond donors (Lipinski definition) is 2. The van der Waals surface area contributed by atoms with Gasteiger partial charge in [-0.25, -0.2) is 13.1 Å². The van der Waals surface area contributed by atoms with Gasteiger partial charge in [0.15, 0.2) is 0 Å². The van der Waals surface area contributed by atoms with Crippen LogP contribution in [0.4, 0.5) is 0 Å². The summed E-state index contributed by atoms with van der Waals surface area (Å²) in [5.74, 6) is -1.55. The quantitative estimate of drug-likeness (QED) is 0.709. The summed E-state index contributed by atoms with van der Waals surface area (Å²) in [7, 11) is -1.03. The second-order valence-electron chi connectivity index (χ2n) is 5.56. The molecule has 8 nitrogen and oxygen atoms in total. The van der Waals surface area contributed by atoms with Crippen LogP contribution in [0.25, 0.3) is 6.08 Å². The fourth-order valence-corrected chi connectivity index (χ4v) is 3.48. The van der Waals surface area contributed by atoms with Gasteiger partial charge in [-0.2, -0.15) is 0 Å². The standard InChI is InChI=1S/C16H20N2O6S/c1-17-25(22,23)14-9-11(3-5-13(14)24-2)4-6-15(19)18-8-7-12(10-18)16(20)21/h3-6,9,12,17H,7-8,10H2,1-2H3,(H,20,21)/b6-4+. The summed E-state index contributed by atoms with van der Waals surface area (Å²) >= 11 is 0. The zero-order valence-electron chi connectivity index (χ0n) is 13.9. The molecule has 0 aliphatic carbocycles. The molecule has 136 valence electrons. The van der Waals surface area contributed by atoms with Crippen molar-refractivity contribution in [3.8, 4) is 5.75 Å². The van der Waals surface area contributed by atoms with E-state index in [1.807, 2.05) is 0 Å². The molecule has 1 unspecified atom stereocenters. The summed E-state index contributed by atoms with van der Waals surface area (Å²) in [5, 5.41) is 8.97. The molecule has 0 radical (unpaired) electrons. The number of nitrogens with one attached hydrogen (secondary N) is 1. The summed E-state index contributed by atoms with van der Waals surface area (Å²) in [5.41, 5.74) is 0.511. The number of carbonyl (C=O) groups excluding carboxylic acids is 1. The molecule has 1 aromatic rings. The molecule has 0 bridgehead atoms. The first-order valence-electron chi connectivity index (χ1n) is 7.60. The van der Waals surface area contributed by atoms with Crippen LogP contribution in [0, 0.1) is 5.92 Å². The molecule has 1 saturated heterocycles. The Balaban J connectivity index is 2.17. The van der Waals surface area contributed by atoms with Crippen molar-refractivity contribution in [2.75, 3.05) is 27.2 Å². The first kappa shape index (κ1) is 18.9. The van der Waals surface area contributed by atoms with E-state index in [1.165, 1.54) is 43.3 Å². The minimum absolute atomic E-state index is 0.0285. The Kier molecular flexibility index (Phi) is 5.81. The number of aliphatic carboxylic acids is 1. The van der Waals surface area contributed by atoms with Crippen LogP contribution in [0.2, 0.25) is 0 Å². The number of rotatable bonds is 6. The summed E-state index contributed by atoms with van der Waals surface area (Å²) in [6, 6.07) is 4.53. The van der Waals surface area contributed by atoms with Gasteiger partial charge in [-0.05, 0) is 37.2 Å². The molecule has 1 atom stereocenters. The second kappa shape index (κ2) is 7.66. The normalized spacial score (nSPS) is 17.8. The van der Waals surface area contributed by atoms with E-state index in [1.54, 1.807) is 6.07 Å². The summed E-state index contributed by atoms with van der Waals surface area (Å²) in [4.78, 5) is 24.5. The highest BCUT2D eigenvalue weighted by atomic mass is 32.2. The van der Waals surface area contributed by atoms with Crippen molar-refractivity contribution in [2.45, 2.75) is 11.3 Å². The van der Waals surface area contributed by atoms with Crippen molar-refractivity contribution in [1.82, 2.24) is 9.62 Å². The molecular formula is C16H20N2O6S. The first-order chi connectivity index (χ1) is 11.8. The van der Waals surface area contributed by atoms with E-state index in [0.29, 0.717) is 18.5 Å².